The second-order valence-corrected chi connectivity index (χ2v) is 8.33. The van der Waals surface area contributed by atoms with Crippen LogP contribution in [-0.4, -0.2) is 37.6 Å². The highest BCUT2D eigenvalue weighted by Crippen LogP contribution is 2.22. The van der Waals surface area contributed by atoms with Crippen LogP contribution < -0.4 is 20.3 Å². The highest BCUT2D eigenvalue weighted by atomic mass is 16.5. The number of ether oxygens (including phenoxy) is 1. The maximum absolute atomic E-state index is 12.8. The fourth-order valence-corrected chi connectivity index (χ4v) is 3.72. The predicted octanol–water partition coefficient (Wildman–Crippen LogP) is 4.23. The molecule has 6 nitrogen and oxygen atoms in total. The number of carbonyl (C=O) groups is 2. The van der Waals surface area contributed by atoms with E-state index in [1.807, 2.05) is 44.2 Å². The van der Waals surface area contributed by atoms with Gasteiger partial charge in [-0.1, -0.05) is 44.9 Å². The second kappa shape index (κ2) is 11.4. The number of benzene rings is 2. The van der Waals surface area contributed by atoms with Crippen LogP contribution in [0.3, 0.4) is 0 Å². The first-order valence-electron chi connectivity index (χ1n) is 11.2. The largest absolute Gasteiger partial charge is 0.484 e. The number of nitrogens with zero attached hydrogens (tertiary/aromatic N) is 1. The van der Waals surface area contributed by atoms with Gasteiger partial charge in [0.15, 0.2) is 6.61 Å². The summed E-state index contributed by atoms with van der Waals surface area (Å²) in [6.45, 7) is 5.84. The summed E-state index contributed by atoms with van der Waals surface area (Å²) in [5, 5.41) is 5.72. The number of anilines is 2. The van der Waals surface area contributed by atoms with Crippen LogP contribution in [0.5, 0.6) is 5.75 Å². The molecule has 1 heterocycles. The first-order valence-corrected chi connectivity index (χ1v) is 11.2. The van der Waals surface area contributed by atoms with Gasteiger partial charge in [0.2, 0.25) is 5.91 Å². The topological polar surface area (TPSA) is 70.7 Å². The van der Waals surface area contributed by atoms with Gasteiger partial charge in [-0.25, -0.2) is 0 Å². The molecule has 3 rings (SSSR count). The van der Waals surface area contributed by atoms with Crippen LogP contribution in [0.4, 0.5) is 11.4 Å². The third-order valence-electron chi connectivity index (χ3n) is 5.48. The molecular formula is C25H33N3O3. The molecule has 1 saturated heterocycles. The van der Waals surface area contributed by atoms with Crippen molar-refractivity contribution >= 4 is 23.2 Å². The fourth-order valence-electron chi connectivity index (χ4n) is 3.72. The summed E-state index contributed by atoms with van der Waals surface area (Å²) in [5.74, 6) is 0.00421. The van der Waals surface area contributed by atoms with E-state index in [1.165, 1.54) is 31.4 Å². The summed E-state index contributed by atoms with van der Waals surface area (Å²) in [6, 6.07) is 16.5. The van der Waals surface area contributed by atoms with Crippen molar-refractivity contribution in [1.82, 2.24) is 5.32 Å². The van der Waals surface area contributed by atoms with E-state index in [4.69, 9.17) is 4.74 Å². The average molecular weight is 424 g/mol. The lowest BCUT2D eigenvalue weighted by Gasteiger charge is -2.24. The molecule has 0 aromatic heterocycles. The Morgan fingerprint density at radius 3 is 2.19 bits per heavy atom. The van der Waals surface area contributed by atoms with Crippen LogP contribution in [0.25, 0.3) is 0 Å². The van der Waals surface area contributed by atoms with Crippen molar-refractivity contribution in [2.75, 3.05) is 29.9 Å². The van der Waals surface area contributed by atoms with Crippen LogP contribution in [0.2, 0.25) is 0 Å². The summed E-state index contributed by atoms with van der Waals surface area (Å²) in [4.78, 5) is 27.5. The van der Waals surface area contributed by atoms with Crippen molar-refractivity contribution in [2.45, 2.75) is 45.6 Å². The van der Waals surface area contributed by atoms with Gasteiger partial charge >= 0.3 is 0 Å². The van der Waals surface area contributed by atoms with Gasteiger partial charge in [-0.15, -0.1) is 0 Å². The third kappa shape index (κ3) is 7.02. The Hall–Kier alpha value is -3.02. The van der Waals surface area contributed by atoms with Gasteiger partial charge in [0.25, 0.3) is 5.91 Å². The van der Waals surface area contributed by atoms with E-state index in [1.54, 1.807) is 12.1 Å². The molecule has 1 aliphatic heterocycles. The molecule has 0 bridgehead atoms. The Kier molecular flexibility index (Phi) is 8.33. The van der Waals surface area contributed by atoms with Gasteiger partial charge in [-0.2, -0.15) is 0 Å². The quantitative estimate of drug-likeness (QED) is 0.667. The van der Waals surface area contributed by atoms with E-state index < -0.39 is 6.04 Å². The van der Waals surface area contributed by atoms with Crippen LogP contribution >= 0.6 is 0 Å². The zero-order chi connectivity index (χ0) is 22.1. The lowest BCUT2D eigenvalue weighted by molar-refractivity contribution is -0.128. The molecular weight excluding hydrogens is 390 g/mol. The molecule has 0 spiro atoms. The normalized spacial score (nSPS) is 15.1. The third-order valence-corrected chi connectivity index (χ3v) is 5.48. The number of nitrogens with one attached hydrogen (secondary N) is 2. The van der Waals surface area contributed by atoms with E-state index in [0.717, 1.165) is 18.8 Å². The number of carbonyl (C=O) groups excluding carboxylic acids is 2. The van der Waals surface area contributed by atoms with Crippen LogP contribution in [0.15, 0.2) is 54.6 Å². The second-order valence-electron chi connectivity index (χ2n) is 8.33. The minimum absolute atomic E-state index is 0.0583. The van der Waals surface area contributed by atoms with Gasteiger partial charge in [-0.05, 0) is 55.2 Å². The lowest BCUT2D eigenvalue weighted by atomic mass is 10.0. The highest BCUT2D eigenvalue weighted by Gasteiger charge is 2.24. The van der Waals surface area contributed by atoms with Crippen molar-refractivity contribution in [1.29, 1.82) is 0 Å². The first kappa shape index (κ1) is 22.7. The van der Waals surface area contributed by atoms with Crippen molar-refractivity contribution in [3.8, 4) is 5.75 Å². The van der Waals surface area contributed by atoms with Gasteiger partial charge in [0.05, 0.1) is 0 Å². The van der Waals surface area contributed by atoms with Gasteiger partial charge in [-0.3, -0.25) is 9.59 Å². The standard InChI is InChI=1S/C25H33N3O3/c1-19(2)24(27-23(29)18-31-22-10-6-5-7-11-22)25(30)26-20-12-14-21(15-13-20)28-16-8-3-4-9-17-28/h5-7,10-15,19,24H,3-4,8-9,16-18H2,1-2H3,(H,26,30)(H,27,29). The Bertz CT molecular complexity index is 829. The molecule has 2 aromatic rings. The van der Waals surface area contributed by atoms with Crippen molar-refractivity contribution in [3.63, 3.8) is 0 Å². The molecule has 1 atom stereocenters. The summed E-state index contributed by atoms with van der Waals surface area (Å²) < 4.78 is 5.48. The zero-order valence-corrected chi connectivity index (χ0v) is 18.5. The summed E-state index contributed by atoms with van der Waals surface area (Å²) in [7, 11) is 0. The maximum Gasteiger partial charge on any atom is 0.258 e. The highest BCUT2D eigenvalue weighted by molar-refractivity contribution is 5.97. The van der Waals surface area contributed by atoms with Crippen molar-refractivity contribution in [2.24, 2.45) is 5.92 Å². The molecule has 166 valence electrons. The van der Waals surface area contributed by atoms with E-state index in [9.17, 15) is 9.59 Å². The molecule has 0 radical (unpaired) electrons. The number of para-hydroxylation sites is 1. The minimum atomic E-state index is -0.642. The first-order chi connectivity index (χ1) is 15.0. The number of amides is 2. The molecule has 0 aliphatic carbocycles. The minimum Gasteiger partial charge on any atom is -0.484 e. The Balaban J connectivity index is 1.54. The van der Waals surface area contributed by atoms with Crippen molar-refractivity contribution in [3.05, 3.63) is 54.6 Å². The summed E-state index contributed by atoms with van der Waals surface area (Å²) >= 11 is 0. The summed E-state index contributed by atoms with van der Waals surface area (Å²) in [6.07, 6.45) is 5.04. The Morgan fingerprint density at radius 2 is 1.58 bits per heavy atom. The van der Waals surface area contributed by atoms with E-state index in [-0.39, 0.29) is 24.3 Å². The molecule has 0 saturated carbocycles. The van der Waals surface area contributed by atoms with Gasteiger partial charge in [0, 0.05) is 24.5 Å². The van der Waals surface area contributed by atoms with E-state index in [0.29, 0.717) is 5.75 Å². The van der Waals surface area contributed by atoms with Crippen LogP contribution in [0.1, 0.15) is 39.5 Å². The monoisotopic (exact) mass is 423 g/mol. The SMILES string of the molecule is CC(C)C(NC(=O)COc1ccccc1)C(=O)Nc1ccc(N2CCCCCC2)cc1. The van der Waals surface area contributed by atoms with Crippen molar-refractivity contribution < 1.29 is 14.3 Å². The molecule has 2 aromatic carbocycles. The number of rotatable bonds is 8. The molecule has 2 N–H and O–H groups in total. The van der Waals surface area contributed by atoms with Gasteiger partial charge < -0.3 is 20.3 Å². The molecule has 1 aliphatic rings. The smallest absolute Gasteiger partial charge is 0.258 e. The molecule has 2 amide bonds. The maximum atomic E-state index is 12.8. The van der Waals surface area contributed by atoms with Crippen LogP contribution in [-0.2, 0) is 9.59 Å². The summed E-state index contributed by atoms with van der Waals surface area (Å²) in [5.41, 5.74) is 1.91. The molecule has 1 fully saturated rings. The number of hydrogen-bond donors (Lipinski definition) is 2. The Labute approximate surface area is 185 Å². The average Bonchev–Trinajstić information content (AvgIpc) is 3.06. The van der Waals surface area contributed by atoms with E-state index >= 15 is 0 Å². The molecule has 6 heteroatoms. The predicted molar refractivity (Wildman–Crippen MR) is 124 cm³/mol. The molecule has 31 heavy (non-hydrogen) atoms. The zero-order valence-electron chi connectivity index (χ0n) is 18.5. The lowest BCUT2D eigenvalue weighted by Crippen LogP contribution is -2.48. The molecule has 1 unspecified atom stereocenters. The van der Waals surface area contributed by atoms with Crippen LogP contribution in [0, 0.1) is 5.92 Å². The Morgan fingerprint density at radius 1 is 0.935 bits per heavy atom. The number of hydrogen-bond acceptors (Lipinski definition) is 4. The van der Waals surface area contributed by atoms with Gasteiger partial charge in [0.1, 0.15) is 11.8 Å². The van der Waals surface area contributed by atoms with E-state index in [2.05, 4.69) is 27.7 Å². The fraction of sp³-hybridized carbons (Fsp3) is 0.440.